The van der Waals surface area contributed by atoms with E-state index in [2.05, 4.69) is 54.5 Å². The Bertz CT molecular complexity index is 2890. The van der Waals surface area contributed by atoms with E-state index < -0.39 is 253 Å². The molecule has 37 atom stereocenters. The molecule has 12 rings (SSSR count). The maximum atomic E-state index is 15.2. The predicted molar refractivity (Wildman–Crippen MR) is 335 cm³/mol. The molecule has 4 saturated carbocycles. The van der Waals surface area contributed by atoms with Crippen LogP contribution in [0.3, 0.4) is 0 Å². The van der Waals surface area contributed by atoms with Gasteiger partial charge in [0, 0.05) is 0 Å². The van der Waals surface area contributed by atoms with Gasteiger partial charge in [-0.1, -0.05) is 60.1 Å². The van der Waals surface area contributed by atoms with Gasteiger partial charge in [0.25, 0.3) is 0 Å². The van der Waals surface area contributed by atoms with Gasteiger partial charge < -0.3 is 158 Å². The van der Waals surface area contributed by atoms with Crippen molar-refractivity contribution in [3.63, 3.8) is 0 Å². The Labute approximate surface area is 584 Å². The van der Waals surface area contributed by atoms with E-state index in [1.54, 1.807) is 6.92 Å². The van der Waals surface area contributed by atoms with Crippen LogP contribution < -0.4 is 0 Å². The molecule has 18 N–H and O–H groups in total. The third kappa shape index (κ3) is 13.6. The minimum Gasteiger partial charge on any atom is -0.432 e. The summed E-state index contributed by atoms with van der Waals surface area (Å²) in [7, 11) is 0. The molecule has 11 fully saturated rings. The summed E-state index contributed by atoms with van der Waals surface area (Å²) in [5.74, 6) is -0.518. The van der Waals surface area contributed by atoms with Gasteiger partial charge in [-0.25, -0.2) is 0 Å². The fourth-order valence-corrected chi connectivity index (χ4v) is 19.8. The van der Waals surface area contributed by atoms with E-state index in [1.165, 1.54) is 5.57 Å². The van der Waals surface area contributed by atoms with E-state index in [0.717, 1.165) is 25.7 Å². The molecular weight excluding hydrogens is 1340 g/mol. The van der Waals surface area contributed by atoms with Crippen LogP contribution in [0.4, 0.5) is 0 Å². The number of hydrogen-bond donors (Lipinski definition) is 18. The summed E-state index contributed by atoms with van der Waals surface area (Å²) < 4.78 is 81.6. The van der Waals surface area contributed by atoms with Gasteiger partial charge in [0.15, 0.2) is 37.7 Å². The van der Waals surface area contributed by atoms with Gasteiger partial charge >= 0.3 is 5.97 Å². The SMILES string of the molecule is CC1OC(O[C@H]2CC[C@@]3(C)C(CC[C@]4(C)C3CC=C3C5CC(C)(C)CC[C@]5(C(=O)OC5OC(CO)C(OC6OC(CO)C(O)C(O)C6O)C(O)C5O)CC[C@]34C)C2(C)C)C(O)C(O)C1OC1OCC(O)(COC2OCC(O)C(OC3OCC(OC4OCC(O)(CO)C4O)C(O)C3O)C2O)C1O. The van der Waals surface area contributed by atoms with E-state index in [9.17, 15) is 91.9 Å². The molecule has 7 saturated heterocycles. The minimum atomic E-state index is -2.22. The zero-order chi connectivity index (χ0) is 73.4. The first kappa shape index (κ1) is 78.5. The van der Waals surface area contributed by atoms with Crippen LogP contribution in [0.2, 0.25) is 0 Å². The Morgan fingerprint density at radius 1 is 0.525 bits per heavy atom. The highest BCUT2D eigenvalue weighted by Crippen LogP contribution is 2.76. The Kier molecular flexibility index (Phi) is 22.6. The molecule has 0 aromatic carbocycles. The fourth-order valence-electron chi connectivity index (χ4n) is 19.8. The molecule has 5 aliphatic carbocycles. The quantitative estimate of drug-likeness (QED) is 0.0347. The summed E-state index contributed by atoms with van der Waals surface area (Å²) in [5, 5.41) is 195. The molecule has 32 unspecified atom stereocenters. The molecule has 0 radical (unpaired) electrons. The van der Waals surface area contributed by atoms with Crippen molar-refractivity contribution in [1.29, 1.82) is 0 Å². The van der Waals surface area contributed by atoms with E-state index in [1.807, 2.05) is 0 Å². The smallest absolute Gasteiger partial charge is 0.315 e. The molecule has 0 aromatic heterocycles. The molecule has 101 heavy (non-hydrogen) atoms. The summed E-state index contributed by atoms with van der Waals surface area (Å²) in [4.78, 5) is 15.2. The molecule has 580 valence electrons. The van der Waals surface area contributed by atoms with E-state index in [-0.39, 0.29) is 39.4 Å². The van der Waals surface area contributed by atoms with E-state index >= 15 is 4.79 Å². The molecule has 0 amide bonds. The third-order valence-corrected chi connectivity index (χ3v) is 26.4. The highest BCUT2D eigenvalue weighted by Gasteiger charge is 2.71. The Hall–Kier alpha value is -2.03. The second-order valence-corrected chi connectivity index (χ2v) is 33.2. The zero-order valence-corrected chi connectivity index (χ0v) is 58.4. The average Bonchev–Trinajstić information content (AvgIpc) is 1.12. The molecule has 12 aliphatic rings. The van der Waals surface area contributed by atoms with Crippen LogP contribution >= 0.6 is 0 Å². The first-order chi connectivity index (χ1) is 47.4. The number of hydrogen-bond acceptors (Lipinski definition) is 33. The van der Waals surface area contributed by atoms with Crippen molar-refractivity contribution >= 4 is 5.97 Å². The van der Waals surface area contributed by atoms with Gasteiger partial charge in [0.1, 0.15) is 127 Å². The predicted octanol–water partition coefficient (Wildman–Crippen LogP) is -4.98. The zero-order valence-electron chi connectivity index (χ0n) is 58.4. The number of carbonyl (C=O) groups is 1. The second-order valence-electron chi connectivity index (χ2n) is 33.2. The van der Waals surface area contributed by atoms with Crippen LogP contribution in [0, 0.1) is 50.2 Å². The topological polar surface area (TPSA) is 510 Å². The number of aliphatic hydroxyl groups excluding tert-OH is 16. The lowest BCUT2D eigenvalue weighted by molar-refractivity contribution is -0.356. The van der Waals surface area contributed by atoms with Crippen molar-refractivity contribution in [1.82, 2.24) is 0 Å². The maximum absolute atomic E-state index is 15.2. The largest absolute Gasteiger partial charge is 0.432 e. The summed E-state index contributed by atoms with van der Waals surface area (Å²) >= 11 is 0. The lowest BCUT2D eigenvalue weighted by Gasteiger charge is -2.71. The number of aliphatic hydroxyl groups is 18. The summed E-state index contributed by atoms with van der Waals surface area (Å²) in [5.41, 5.74) is -5.50. The van der Waals surface area contributed by atoms with Gasteiger partial charge in [0.2, 0.25) is 6.29 Å². The number of carbonyl (C=O) groups excluding carboxylic acids is 1. The van der Waals surface area contributed by atoms with Crippen LogP contribution in [0.1, 0.15) is 120 Å². The van der Waals surface area contributed by atoms with Gasteiger partial charge in [-0.2, -0.15) is 0 Å². The number of esters is 1. The maximum Gasteiger partial charge on any atom is 0.315 e. The van der Waals surface area contributed by atoms with Crippen molar-refractivity contribution in [3.05, 3.63) is 11.6 Å². The van der Waals surface area contributed by atoms with Crippen LogP contribution in [0.15, 0.2) is 11.6 Å². The Balaban J connectivity index is 0.648. The van der Waals surface area contributed by atoms with Gasteiger partial charge in [-0.15, -0.1) is 0 Å². The summed E-state index contributed by atoms with van der Waals surface area (Å²) in [6.45, 7) is 12.4. The van der Waals surface area contributed by atoms with E-state index in [0.29, 0.717) is 38.5 Å². The number of allylic oxidation sites excluding steroid dienone is 2. The Morgan fingerprint density at radius 3 is 1.79 bits per heavy atom. The standard InChI is InChI=1S/C68H110O33/c1-28-48(98-59-52(84)68(87,27-92-59)26-90-53-47(82)49(31(72)22-88-53)99-54-43(78)39(74)34(23-89-54)96-58-51(83)67(86,24-71)25-91-58)41(76)45(80)55(93-28)97-37-12-13-63(6)35(62(37,4)5)11-14-65(8)36(63)10-9-29-30-19-61(2,3)15-17-66(30,18-16-64(29,65)7)60(85)101-57-46(81)42(77)50(33(21-70)95-57)100-56-44(79)40(75)38(73)32(20-69)94-56/h9,28,30-59,69-84,86-87H,10-27H2,1-8H3/t28?,30?,31?,32?,33?,34?,35?,36?,37-,38?,39?,40?,41?,42?,43?,44?,45?,46?,47?,48?,49?,50?,51?,52?,53?,54?,55?,56?,57?,58?,59?,63-,64+,65+,66-,67?,68?/m0/s1. The summed E-state index contributed by atoms with van der Waals surface area (Å²) in [6.07, 6.45) is -34.8. The molecular formula is C68H110O33. The van der Waals surface area contributed by atoms with Gasteiger partial charge in [-0.05, 0) is 116 Å². The number of ether oxygens (including phenoxy) is 14. The van der Waals surface area contributed by atoms with Crippen molar-refractivity contribution in [3.8, 4) is 0 Å². The molecule has 33 nitrogen and oxygen atoms in total. The minimum absolute atomic E-state index is 0.127. The lowest BCUT2D eigenvalue weighted by Crippen LogP contribution is -2.66. The van der Waals surface area contributed by atoms with Crippen molar-refractivity contribution in [2.24, 2.45) is 50.2 Å². The highest BCUT2D eigenvalue weighted by molar-refractivity contribution is 5.79. The molecule has 7 heterocycles. The van der Waals surface area contributed by atoms with Gasteiger partial charge in [-0.3, -0.25) is 4.79 Å². The van der Waals surface area contributed by atoms with Crippen molar-refractivity contribution < 1.29 is 163 Å². The fraction of sp³-hybridized carbons (Fsp3) is 0.956. The van der Waals surface area contributed by atoms with Crippen LogP contribution in [0.5, 0.6) is 0 Å². The Morgan fingerprint density at radius 2 is 1.11 bits per heavy atom. The van der Waals surface area contributed by atoms with Crippen molar-refractivity contribution in [2.75, 3.05) is 52.9 Å². The van der Waals surface area contributed by atoms with Crippen molar-refractivity contribution in [2.45, 2.75) is 303 Å². The first-order valence-corrected chi connectivity index (χ1v) is 35.7. The number of rotatable bonds is 18. The molecule has 33 heteroatoms. The van der Waals surface area contributed by atoms with Crippen LogP contribution in [0.25, 0.3) is 0 Å². The molecule has 7 aliphatic heterocycles. The lowest BCUT2D eigenvalue weighted by atomic mass is 9.33. The van der Waals surface area contributed by atoms with E-state index in [4.69, 9.17) is 66.3 Å². The van der Waals surface area contributed by atoms with Crippen LogP contribution in [-0.2, 0) is 71.1 Å². The van der Waals surface area contributed by atoms with Gasteiger partial charge in [0.05, 0.1) is 70.5 Å². The monoisotopic (exact) mass is 1450 g/mol. The first-order valence-electron chi connectivity index (χ1n) is 35.7. The molecule has 0 aromatic rings. The highest BCUT2D eigenvalue weighted by atomic mass is 16.8. The number of fused-ring (bicyclic) bond motifs is 7. The third-order valence-electron chi connectivity index (χ3n) is 26.4. The normalized spacial score (nSPS) is 54.2. The van der Waals surface area contributed by atoms with Crippen LogP contribution in [-0.4, -0.2) is 334 Å². The average molecular weight is 1460 g/mol. The molecule has 0 bridgehead atoms. The second kappa shape index (κ2) is 29.1. The molecule has 0 spiro atoms. The summed E-state index contributed by atoms with van der Waals surface area (Å²) in [6, 6.07) is 0.